The van der Waals surface area contributed by atoms with Crippen molar-refractivity contribution >= 4 is 23.6 Å². The fourth-order valence-corrected chi connectivity index (χ4v) is 5.17. The van der Waals surface area contributed by atoms with Crippen LogP contribution in [0.2, 0.25) is 0 Å². The zero-order valence-corrected chi connectivity index (χ0v) is 17.1. The Morgan fingerprint density at radius 3 is 2.62 bits per heavy atom. The van der Waals surface area contributed by atoms with Crippen molar-refractivity contribution in [3.05, 3.63) is 58.0 Å². The first-order chi connectivity index (χ1) is 13.9. The largest absolute Gasteiger partial charge is 0.549 e. The van der Waals surface area contributed by atoms with Crippen LogP contribution in [-0.2, 0) is 16.1 Å². The first-order valence-electron chi connectivity index (χ1n) is 9.79. The Labute approximate surface area is 173 Å². The van der Waals surface area contributed by atoms with Crippen molar-refractivity contribution in [1.82, 2.24) is 9.47 Å². The SMILES string of the molecule is Cc1ccccc1-c1ccc2n(c1=O)C[C@H]1C[C@@H]2CN(C(=O)CSCC(=O)[O-])C1. The molecule has 3 heterocycles. The van der Waals surface area contributed by atoms with Crippen LogP contribution in [-0.4, -0.2) is 45.9 Å². The number of benzene rings is 1. The summed E-state index contributed by atoms with van der Waals surface area (Å²) in [6, 6.07) is 11.8. The van der Waals surface area contributed by atoms with Crippen LogP contribution in [0.4, 0.5) is 0 Å². The van der Waals surface area contributed by atoms with Gasteiger partial charge in [0.1, 0.15) is 0 Å². The molecule has 2 bridgehead atoms. The van der Waals surface area contributed by atoms with E-state index in [9.17, 15) is 19.5 Å². The van der Waals surface area contributed by atoms with Gasteiger partial charge in [0.15, 0.2) is 0 Å². The number of likely N-dealkylation sites (tertiary alicyclic amines) is 1. The molecule has 0 saturated carbocycles. The second kappa shape index (κ2) is 8.06. The number of carboxylic acids is 1. The number of thioether (sulfide) groups is 1. The first kappa shape index (κ1) is 19.8. The lowest BCUT2D eigenvalue weighted by atomic mass is 9.82. The Hall–Kier alpha value is -2.54. The zero-order chi connectivity index (χ0) is 20.5. The molecule has 152 valence electrons. The molecule has 1 saturated heterocycles. The van der Waals surface area contributed by atoms with Crippen molar-refractivity contribution in [2.45, 2.75) is 25.8 Å². The number of carbonyl (C=O) groups excluding carboxylic acids is 2. The molecular formula is C22H23N2O4S-. The summed E-state index contributed by atoms with van der Waals surface area (Å²) in [6.45, 7) is 3.81. The van der Waals surface area contributed by atoms with E-state index in [4.69, 9.17) is 0 Å². The lowest BCUT2D eigenvalue weighted by Gasteiger charge is -2.43. The molecule has 1 amide bonds. The number of pyridine rings is 1. The maximum atomic E-state index is 13.2. The van der Waals surface area contributed by atoms with E-state index in [-0.39, 0.29) is 34.8 Å². The van der Waals surface area contributed by atoms with Crippen molar-refractivity contribution < 1.29 is 14.7 Å². The highest BCUT2D eigenvalue weighted by atomic mass is 32.2. The van der Waals surface area contributed by atoms with Crippen molar-refractivity contribution in [2.24, 2.45) is 5.92 Å². The number of piperidine rings is 1. The number of hydrogen-bond donors (Lipinski definition) is 0. The molecule has 29 heavy (non-hydrogen) atoms. The standard InChI is InChI=1S/C22H24N2O4S/c1-14-4-2-3-5-17(14)18-6-7-19-16-8-15(10-24(19)22(18)28)9-23(11-16)20(25)12-29-13-21(26)27/h2-7,15-16H,8-13H2,1H3,(H,26,27)/p-1/t15-,16+/m0/s1. The average Bonchev–Trinajstić information content (AvgIpc) is 2.69. The van der Waals surface area contributed by atoms with E-state index in [1.54, 1.807) is 0 Å². The number of aliphatic carboxylic acids is 1. The minimum absolute atomic E-state index is 0.0378. The molecule has 2 aliphatic rings. The maximum Gasteiger partial charge on any atom is 0.258 e. The maximum absolute atomic E-state index is 13.2. The highest BCUT2D eigenvalue weighted by Crippen LogP contribution is 2.36. The lowest BCUT2D eigenvalue weighted by molar-refractivity contribution is -0.301. The Balaban J connectivity index is 1.57. The van der Waals surface area contributed by atoms with Crippen LogP contribution in [0.1, 0.15) is 23.6 Å². The summed E-state index contributed by atoms with van der Waals surface area (Å²) in [5.74, 6) is -0.856. The van der Waals surface area contributed by atoms with Gasteiger partial charge >= 0.3 is 0 Å². The molecule has 0 spiro atoms. The summed E-state index contributed by atoms with van der Waals surface area (Å²) < 4.78 is 1.90. The van der Waals surface area contributed by atoms with Crippen molar-refractivity contribution in [3.8, 4) is 11.1 Å². The number of fused-ring (bicyclic) bond motifs is 4. The number of nitrogens with zero attached hydrogens (tertiary/aromatic N) is 2. The van der Waals surface area contributed by atoms with E-state index in [0.717, 1.165) is 40.6 Å². The van der Waals surface area contributed by atoms with Crippen molar-refractivity contribution in [3.63, 3.8) is 0 Å². The summed E-state index contributed by atoms with van der Waals surface area (Å²) in [5, 5.41) is 10.5. The van der Waals surface area contributed by atoms with Gasteiger partial charge in [-0.2, -0.15) is 0 Å². The molecule has 1 aromatic heterocycles. The zero-order valence-electron chi connectivity index (χ0n) is 16.3. The van der Waals surface area contributed by atoms with E-state index in [2.05, 4.69) is 0 Å². The highest BCUT2D eigenvalue weighted by Gasteiger charge is 2.36. The Kier molecular flexibility index (Phi) is 5.50. The number of amides is 1. The number of rotatable bonds is 5. The molecule has 1 aromatic carbocycles. The molecule has 0 unspecified atom stereocenters. The number of hydrogen-bond acceptors (Lipinski definition) is 5. The van der Waals surface area contributed by atoms with Crippen LogP contribution in [0.3, 0.4) is 0 Å². The van der Waals surface area contributed by atoms with Gasteiger partial charge < -0.3 is 19.4 Å². The monoisotopic (exact) mass is 411 g/mol. The van der Waals surface area contributed by atoms with Gasteiger partial charge in [0, 0.05) is 42.6 Å². The predicted octanol–water partition coefficient (Wildman–Crippen LogP) is 1.25. The van der Waals surface area contributed by atoms with E-state index < -0.39 is 5.97 Å². The van der Waals surface area contributed by atoms with Crippen LogP contribution in [0, 0.1) is 12.8 Å². The summed E-state index contributed by atoms with van der Waals surface area (Å²) >= 11 is 1.07. The molecule has 2 aliphatic heterocycles. The van der Waals surface area contributed by atoms with Crippen LogP contribution in [0.5, 0.6) is 0 Å². The lowest BCUT2D eigenvalue weighted by Crippen LogP contribution is -2.49. The van der Waals surface area contributed by atoms with Crippen molar-refractivity contribution in [1.29, 1.82) is 0 Å². The van der Waals surface area contributed by atoms with Gasteiger partial charge in [-0.3, -0.25) is 9.59 Å². The van der Waals surface area contributed by atoms with E-state index >= 15 is 0 Å². The van der Waals surface area contributed by atoms with Crippen LogP contribution in [0.15, 0.2) is 41.2 Å². The van der Waals surface area contributed by atoms with Gasteiger partial charge in [0.05, 0.1) is 11.7 Å². The third-order valence-electron chi connectivity index (χ3n) is 5.84. The van der Waals surface area contributed by atoms with Gasteiger partial charge in [0.25, 0.3) is 5.56 Å². The molecule has 0 aliphatic carbocycles. The summed E-state index contributed by atoms with van der Waals surface area (Å²) in [4.78, 5) is 38.1. The number of carbonyl (C=O) groups is 2. The van der Waals surface area contributed by atoms with E-state index in [1.807, 2.05) is 52.8 Å². The summed E-state index contributed by atoms with van der Waals surface area (Å²) in [5.41, 5.74) is 3.79. The minimum atomic E-state index is -1.16. The predicted molar refractivity (Wildman–Crippen MR) is 111 cm³/mol. The fraction of sp³-hybridized carbons (Fsp3) is 0.409. The van der Waals surface area contributed by atoms with E-state index in [1.165, 1.54) is 0 Å². The number of aryl methyl sites for hydroxylation is 1. The van der Waals surface area contributed by atoms with Crippen LogP contribution >= 0.6 is 11.8 Å². The molecule has 4 rings (SSSR count). The molecular weight excluding hydrogens is 388 g/mol. The quantitative estimate of drug-likeness (QED) is 0.740. The number of carboxylic acid groups (broad SMARTS) is 1. The number of aromatic nitrogens is 1. The molecule has 1 fully saturated rings. The molecule has 0 radical (unpaired) electrons. The molecule has 2 aromatic rings. The first-order valence-corrected chi connectivity index (χ1v) is 10.9. The highest BCUT2D eigenvalue weighted by molar-refractivity contribution is 8.00. The Morgan fingerprint density at radius 1 is 1.07 bits per heavy atom. The Bertz CT molecular complexity index is 1020. The third kappa shape index (κ3) is 3.96. The second-order valence-corrected chi connectivity index (χ2v) is 8.85. The van der Waals surface area contributed by atoms with E-state index in [0.29, 0.717) is 19.6 Å². The summed E-state index contributed by atoms with van der Waals surface area (Å²) in [6.07, 6.45) is 0.971. The van der Waals surface area contributed by atoms with Crippen LogP contribution < -0.4 is 10.7 Å². The van der Waals surface area contributed by atoms with Gasteiger partial charge in [0.2, 0.25) is 5.91 Å². The van der Waals surface area contributed by atoms with Gasteiger partial charge in [-0.25, -0.2) is 0 Å². The summed E-state index contributed by atoms with van der Waals surface area (Å²) in [7, 11) is 0. The van der Waals surface area contributed by atoms with Crippen molar-refractivity contribution in [2.75, 3.05) is 24.6 Å². The van der Waals surface area contributed by atoms with Gasteiger partial charge in [-0.15, -0.1) is 11.8 Å². The average molecular weight is 412 g/mol. The smallest absolute Gasteiger partial charge is 0.258 e. The molecule has 6 nitrogen and oxygen atoms in total. The molecule has 0 N–H and O–H groups in total. The Morgan fingerprint density at radius 2 is 1.86 bits per heavy atom. The normalized spacial score (nSPS) is 20.2. The van der Waals surface area contributed by atoms with Gasteiger partial charge in [-0.05, 0) is 42.5 Å². The minimum Gasteiger partial charge on any atom is -0.549 e. The van der Waals surface area contributed by atoms with Gasteiger partial charge in [-0.1, -0.05) is 24.3 Å². The van der Waals surface area contributed by atoms with Crippen LogP contribution in [0.25, 0.3) is 11.1 Å². The third-order valence-corrected chi connectivity index (χ3v) is 6.73. The molecule has 7 heteroatoms. The fourth-order valence-electron chi connectivity index (χ4n) is 4.54. The topological polar surface area (TPSA) is 82.4 Å². The second-order valence-electron chi connectivity index (χ2n) is 7.86. The molecule has 2 atom stereocenters.